The van der Waals surface area contributed by atoms with E-state index >= 15 is 0 Å². The lowest BCUT2D eigenvalue weighted by molar-refractivity contribution is 0.0734. The lowest BCUT2D eigenvalue weighted by atomic mass is 10.0. The van der Waals surface area contributed by atoms with Crippen LogP contribution in [-0.4, -0.2) is 24.7 Å². The highest BCUT2D eigenvalue weighted by Gasteiger charge is 2.16. The molecule has 0 aliphatic heterocycles. The first-order valence-electron chi connectivity index (χ1n) is 11.6. The Bertz CT molecular complexity index is 1400. The van der Waals surface area contributed by atoms with Crippen LogP contribution in [0.15, 0.2) is 90.0 Å². The summed E-state index contributed by atoms with van der Waals surface area (Å²) in [6.45, 7) is 2.74. The molecule has 36 heavy (non-hydrogen) atoms. The summed E-state index contributed by atoms with van der Waals surface area (Å²) in [5, 5.41) is 6.18. The van der Waals surface area contributed by atoms with Crippen LogP contribution >= 0.6 is 11.6 Å². The highest BCUT2D eigenvalue weighted by Crippen LogP contribution is 2.28. The monoisotopic (exact) mass is 500 g/mol. The fourth-order valence-corrected chi connectivity index (χ4v) is 3.75. The minimum Gasteiger partial charge on any atom is -0.494 e. The molecule has 4 rings (SSSR count). The largest absolute Gasteiger partial charge is 0.494 e. The topological polar surface area (TPSA) is 77.0 Å². The summed E-state index contributed by atoms with van der Waals surface area (Å²) in [4.78, 5) is 25.4. The number of carbonyl (C=O) groups excluding carboxylic acids is 2. The number of esters is 1. The van der Waals surface area contributed by atoms with Crippen molar-refractivity contribution in [3.63, 3.8) is 0 Å². The maximum Gasteiger partial charge on any atom is 0.345 e. The molecule has 1 N–H and O–H groups in total. The fourth-order valence-electron chi connectivity index (χ4n) is 3.54. The van der Waals surface area contributed by atoms with Gasteiger partial charge in [0.1, 0.15) is 11.5 Å². The second-order valence-corrected chi connectivity index (χ2v) is 8.40. The molecular weight excluding hydrogens is 476 g/mol. The number of hydrazone groups is 1. The summed E-state index contributed by atoms with van der Waals surface area (Å²) in [6, 6.07) is 24.7. The van der Waals surface area contributed by atoms with Crippen LogP contribution in [0.1, 0.15) is 46.0 Å². The maximum atomic E-state index is 12.8. The number of ether oxygens (including phenoxy) is 2. The number of halogens is 1. The molecule has 4 aromatic rings. The highest BCUT2D eigenvalue weighted by molar-refractivity contribution is 6.33. The molecule has 0 aliphatic rings. The quantitative estimate of drug-likeness (QED) is 0.0916. The van der Waals surface area contributed by atoms with Gasteiger partial charge in [0.15, 0.2) is 0 Å². The van der Waals surface area contributed by atoms with Crippen molar-refractivity contribution in [1.29, 1.82) is 0 Å². The van der Waals surface area contributed by atoms with Crippen molar-refractivity contribution in [2.45, 2.75) is 19.8 Å². The van der Waals surface area contributed by atoms with Gasteiger partial charge in [-0.1, -0.05) is 67.4 Å². The molecule has 0 atom stereocenters. The van der Waals surface area contributed by atoms with Crippen LogP contribution in [-0.2, 0) is 0 Å². The highest BCUT2D eigenvalue weighted by atomic mass is 35.5. The van der Waals surface area contributed by atoms with Crippen LogP contribution in [0.4, 0.5) is 0 Å². The van der Waals surface area contributed by atoms with Gasteiger partial charge in [0.2, 0.25) is 0 Å². The lowest BCUT2D eigenvalue weighted by Crippen LogP contribution is -2.17. The van der Waals surface area contributed by atoms with Gasteiger partial charge in [-0.2, -0.15) is 5.10 Å². The Morgan fingerprint density at radius 2 is 1.69 bits per heavy atom. The van der Waals surface area contributed by atoms with E-state index in [2.05, 4.69) is 17.5 Å². The number of fused-ring (bicyclic) bond motifs is 1. The summed E-state index contributed by atoms with van der Waals surface area (Å²) < 4.78 is 11.3. The van der Waals surface area contributed by atoms with Crippen molar-refractivity contribution in [3.05, 3.63) is 107 Å². The Morgan fingerprint density at radius 1 is 0.944 bits per heavy atom. The Hall–Kier alpha value is -4.16. The number of rotatable bonds is 9. The minimum absolute atomic E-state index is 0.255. The molecule has 0 saturated heterocycles. The van der Waals surface area contributed by atoms with E-state index in [9.17, 15) is 9.59 Å². The lowest BCUT2D eigenvalue weighted by Gasteiger charge is -2.11. The molecule has 0 unspecified atom stereocenters. The Balaban J connectivity index is 1.53. The third-order valence-electron chi connectivity index (χ3n) is 5.47. The molecule has 0 saturated carbocycles. The number of carbonyl (C=O) groups is 2. The number of benzene rings is 4. The minimum atomic E-state index is -0.587. The van der Waals surface area contributed by atoms with Gasteiger partial charge in [-0.25, -0.2) is 10.2 Å². The van der Waals surface area contributed by atoms with E-state index in [4.69, 9.17) is 21.1 Å². The number of nitrogens with zero attached hydrogens (tertiary/aromatic N) is 1. The number of unbranched alkanes of at least 4 members (excludes halogenated alkanes) is 1. The normalized spacial score (nSPS) is 10.9. The van der Waals surface area contributed by atoms with Gasteiger partial charge < -0.3 is 9.47 Å². The average Bonchev–Trinajstić information content (AvgIpc) is 2.90. The first kappa shape index (κ1) is 24.9. The molecule has 6 nitrogen and oxygen atoms in total. The maximum absolute atomic E-state index is 12.8. The Morgan fingerprint density at radius 3 is 2.47 bits per heavy atom. The van der Waals surface area contributed by atoms with E-state index in [1.54, 1.807) is 54.6 Å². The van der Waals surface area contributed by atoms with E-state index in [1.807, 2.05) is 30.3 Å². The molecule has 1 amide bonds. The molecule has 0 aliphatic carbocycles. The van der Waals surface area contributed by atoms with Crippen molar-refractivity contribution in [2.75, 3.05) is 6.61 Å². The van der Waals surface area contributed by atoms with E-state index < -0.39 is 5.97 Å². The predicted molar refractivity (Wildman–Crippen MR) is 142 cm³/mol. The molecule has 0 aromatic heterocycles. The van der Waals surface area contributed by atoms with E-state index in [1.165, 1.54) is 6.21 Å². The first-order chi connectivity index (χ1) is 17.6. The fraction of sp³-hybridized carbons (Fsp3) is 0.138. The van der Waals surface area contributed by atoms with Gasteiger partial charge in [0.05, 0.1) is 23.4 Å². The molecule has 0 bridgehead atoms. The molecular formula is C29H25ClN2O4. The van der Waals surface area contributed by atoms with Crippen LogP contribution in [0.25, 0.3) is 10.8 Å². The third-order valence-corrected chi connectivity index (χ3v) is 5.80. The van der Waals surface area contributed by atoms with Crippen LogP contribution < -0.4 is 14.9 Å². The van der Waals surface area contributed by atoms with Gasteiger partial charge in [-0.15, -0.1) is 0 Å². The zero-order chi connectivity index (χ0) is 25.3. The number of hydrogen-bond acceptors (Lipinski definition) is 5. The van der Waals surface area contributed by atoms with Crippen LogP contribution in [0.3, 0.4) is 0 Å². The van der Waals surface area contributed by atoms with Crippen LogP contribution in [0.5, 0.6) is 11.5 Å². The van der Waals surface area contributed by atoms with E-state index in [0.29, 0.717) is 34.3 Å². The zero-order valence-corrected chi connectivity index (χ0v) is 20.5. The smallest absolute Gasteiger partial charge is 0.345 e. The van der Waals surface area contributed by atoms with Crippen LogP contribution in [0, 0.1) is 0 Å². The van der Waals surface area contributed by atoms with Crippen molar-refractivity contribution in [3.8, 4) is 11.5 Å². The Labute approximate surface area is 214 Å². The van der Waals surface area contributed by atoms with Crippen molar-refractivity contribution >= 4 is 40.5 Å². The SMILES string of the molecule is CCCCOc1ccc(C(=O)NN=Cc2c(OC(=O)c3ccccc3Cl)ccc3ccccc23)cc1. The molecule has 0 fully saturated rings. The molecule has 4 aromatic carbocycles. The standard InChI is InChI=1S/C29H25ClN2O4/c1-2-3-18-35-22-15-12-21(13-16-22)28(33)32-31-19-25-23-9-5-4-8-20(23)14-17-27(25)36-29(34)24-10-6-7-11-26(24)30/h4-17,19H,2-3,18H2,1H3,(H,32,33). The van der Waals surface area contributed by atoms with Crippen molar-refractivity contribution in [1.82, 2.24) is 5.43 Å². The Kier molecular flexibility index (Phi) is 8.32. The molecule has 0 spiro atoms. The number of amides is 1. The third kappa shape index (κ3) is 6.09. The van der Waals surface area contributed by atoms with Gasteiger partial charge in [-0.05, 0) is 59.7 Å². The first-order valence-corrected chi connectivity index (χ1v) is 12.0. The molecule has 182 valence electrons. The number of nitrogens with one attached hydrogen (secondary N) is 1. The summed E-state index contributed by atoms with van der Waals surface area (Å²) >= 11 is 6.16. The second kappa shape index (κ2) is 12.0. The average molecular weight is 501 g/mol. The van der Waals surface area contributed by atoms with Gasteiger partial charge in [0, 0.05) is 11.1 Å². The van der Waals surface area contributed by atoms with E-state index in [-0.39, 0.29) is 11.5 Å². The number of hydrogen-bond donors (Lipinski definition) is 1. The van der Waals surface area contributed by atoms with Gasteiger partial charge in [0.25, 0.3) is 5.91 Å². The molecule has 7 heteroatoms. The summed E-state index contributed by atoms with van der Waals surface area (Å²) in [6.07, 6.45) is 3.49. The van der Waals surface area contributed by atoms with Gasteiger partial charge >= 0.3 is 5.97 Å². The van der Waals surface area contributed by atoms with Crippen molar-refractivity contribution < 1.29 is 19.1 Å². The summed E-state index contributed by atoms with van der Waals surface area (Å²) in [7, 11) is 0. The second-order valence-electron chi connectivity index (χ2n) is 7.99. The summed E-state index contributed by atoms with van der Waals surface area (Å²) in [5.74, 6) is 0.0476. The van der Waals surface area contributed by atoms with Crippen LogP contribution in [0.2, 0.25) is 5.02 Å². The predicted octanol–water partition coefficient (Wildman–Crippen LogP) is 6.66. The molecule has 0 heterocycles. The zero-order valence-electron chi connectivity index (χ0n) is 19.7. The molecule has 0 radical (unpaired) electrons. The van der Waals surface area contributed by atoms with Gasteiger partial charge in [-0.3, -0.25) is 4.79 Å². The summed E-state index contributed by atoms with van der Waals surface area (Å²) in [5.41, 5.74) is 3.78. The van der Waals surface area contributed by atoms with E-state index in [0.717, 1.165) is 23.6 Å². The van der Waals surface area contributed by atoms with Crippen molar-refractivity contribution in [2.24, 2.45) is 5.10 Å².